The summed E-state index contributed by atoms with van der Waals surface area (Å²) in [5.41, 5.74) is 0.560. The minimum Gasteiger partial charge on any atom is -0.493 e. The Labute approximate surface area is 220 Å². The van der Waals surface area contributed by atoms with Gasteiger partial charge in [0.05, 0.1) is 26.4 Å². The molecule has 1 aromatic heterocycles. The normalized spacial score (nSPS) is 17.1. The fourth-order valence-corrected chi connectivity index (χ4v) is 4.62. The standard InChI is InChI=1S/C28H41N3O6/c1-20(2)31(28(33)21-9-10-25(35-5)26(14-21)37-13-7-11-34-4)19-23-17-29-16-22(23)18-30(3)27(32)15-24-8-6-12-36-24/h6,8-10,12,14,20,22-23,29H,7,11,13,15-19H2,1-5H3/t22-,23-/m0/s1. The molecule has 0 radical (unpaired) electrons. The van der Waals surface area contributed by atoms with E-state index in [1.54, 1.807) is 49.6 Å². The van der Waals surface area contributed by atoms with E-state index >= 15 is 0 Å². The number of ether oxygens (including phenoxy) is 3. The van der Waals surface area contributed by atoms with Gasteiger partial charge in [-0.05, 0) is 56.0 Å². The molecule has 9 nitrogen and oxygen atoms in total. The van der Waals surface area contributed by atoms with E-state index in [-0.39, 0.29) is 36.1 Å². The van der Waals surface area contributed by atoms with Gasteiger partial charge in [-0.25, -0.2) is 0 Å². The lowest BCUT2D eigenvalue weighted by molar-refractivity contribution is -0.130. The van der Waals surface area contributed by atoms with Crippen LogP contribution in [-0.4, -0.2) is 88.3 Å². The molecule has 2 amide bonds. The Bertz CT molecular complexity index is 994. The number of methoxy groups -OCH3 is 2. The number of furan rings is 1. The fraction of sp³-hybridized carbons (Fsp3) is 0.571. The van der Waals surface area contributed by atoms with Crippen LogP contribution in [0.1, 0.15) is 36.4 Å². The monoisotopic (exact) mass is 515 g/mol. The predicted molar refractivity (Wildman–Crippen MR) is 141 cm³/mol. The van der Waals surface area contributed by atoms with Crippen molar-refractivity contribution in [3.8, 4) is 11.5 Å². The van der Waals surface area contributed by atoms with Gasteiger partial charge in [-0.3, -0.25) is 9.59 Å². The molecule has 37 heavy (non-hydrogen) atoms. The minimum absolute atomic E-state index is 0.0141. The number of carbonyl (C=O) groups excluding carboxylic acids is 2. The molecule has 1 aliphatic rings. The van der Waals surface area contributed by atoms with E-state index in [9.17, 15) is 9.59 Å². The van der Waals surface area contributed by atoms with E-state index < -0.39 is 0 Å². The van der Waals surface area contributed by atoms with Crippen molar-refractivity contribution in [2.24, 2.45) is 11.8 Å². The molecule has 2 atom stereocenters. The molecule has 1 aliphatic heterocycles. The van der Waals surface area contributed by atoms with Gasteiger partial charge in [-0.15, -0.1) is 0 Å². The Hall–Kier alpha value is -3.04. The second kappa shape index (κ2) is 14.0. The van der Waals surface area contributed by atoms with Gasteiger partial charge >= 0.3 is 0 Å². The van der Waals surface area contributed by atoms with Crippen LogP contribution in [-0.2, 0) is 16.0 Å². The number of amides is 2. The van der Waals surface area contributed by atoms with Crippen molar-refractivity contribution in [3.05, 3.63) is 47.9 Å². The number of nitrogens with one attached hydrogen (secondary N) is 1. The van der Waals surface area contributed by atoms with Crippen molar-refractivity contribution in [3.63, 3.8) is 0 Å². The highest BCUT2D eigenvalue weighted by atomic mass is 16.5. The maximum Gasteiger partial charge on any atom is 0.254 e. The summed E-state index contributed by atoms with van der Waals surface area (Å²) in [6.07, 6.45) is 2.57. The van der Waals surface area contributed by atoms with Crippen LogP contribution < -0.4 is 14.8 Å². The molecule has 1 N–H and O–H groups in total. The summed E-state index contributed by atoms with van der Waals surface area (Å²) < 4.78 is 21.7. The average molecular weight is 516 g/mol. The van der Waals surface area contributed by atoms with Gasteiger partial charge in [0.2, 0.25) is 5.91 Å². The van der Waals surface area contributed by atoms with Gasteiger partial charge in [-0.2, -0.15) is 0 Å². The van der Waals surface area contributed by atoms with Crippen molar-refractivity contribution in [1.82, 2.24) is 15.1 Å². The first-order chi connectivity index (χ1) is 17.8. The van der Waals surface area contributed by atoms with Gasteiger partial charge in [0, 0.05) is 65.0 Å². The lowest BCUT2D eigenvalue weighted by Crippen LogP contribution is -2.44. The van der Waals surface area contributed by atoms with E-state index in [0.717, 1.165) is 19.5 Å². The van der Waals surface area contributed by atoms with E-state index in [1.807, 2.05) is 31.9 Å². The van der Waals surface area contributed by atoms with Crippen LogP contribution in [0.4, 0.5) is 0 Å². The van der Waals surface area contributed by atoms with E-state index in [4.69, 9.17) is 18.6 Å². The zero-order valence-corrected chi connectivity index (χ0v) is 22.7. The molecule has 1 fully saturated rings. The third-order valence-electron chi connectivity index (χ3n) is 6.80. The largest absolute Gasteiger partial charge is 0.493 e. The van der Waals surface area contributed by atoms with Crippen LogP contribution in [0, 0.1) is 11.8 Å². The topological polar surface area (TPSA) is 93.5 Å². The number of rotatable bonds is 14. The van der Waals surface area contributed by atoms with E-state index in [2.05, 4.69) is 5.32 Å². The molecule has 2 heterocycles. The number of nitrogens with zero attached hydrogens (tertiary/aromatic N) is 2. The SMILES string of the molecule is COCCCOc1cc(C(=O)N(C[C@@H]2CNC[C@H]2CN(C)C(=O)Cc2ccco2)C(C)C)ccc1OC. The summed E-state index contributed by atoms with van der Waals surface area (Å²) in [5.74, 6) is 2.25. The number of hydrogen-bond donors (Lipinski definition) is 1. The first-order valence-corrected chi connectivity index (χ1v) is 12.9. The first kappa shape index (κ1) is 28.5. The number of benzene rings is 1. The molecule has 0 unspecified atom stereocenters. The van der Waals surface area contributed by atoms with Crippen LogP contribution in [0.25, 0.3) is 0 Å². The molecular weight excluding hydrogens is 474 g/mol. The van der Waals surface area contributed by atoms with Gasteiger partial charge in [0.25, 0.3) is 5.91 Å². The Morgan fingerprint density at radius 2 is 1.84 bits per heavy atom. The molecule has 0 spiro atoms. The van der Waals surface area contributed by atoms with Crippen LogP contribution in [0.2, 0.25) is 0 Å². The van der Waals surface area contributed by atoms with Gasteiger partial charge < -0.3 is 33.7 Å². The minimum atomic E-state index is -0.0488. The van der Waals surface area contributed by atoms with Crippen molar-refractivity contribution < 1.29 is 28.2 Å². The summed E-state index contributed by atoms with van der Waals surface area (Å²) in [4.78, 5) is 30.0. The molecule has 3 rings (SSSR count). The van der Waals surface area contributed by atoms with Crippen molar-refractivity contribution in [2.45, 2.75) is 32.7 Å². The zero-order valence-electron chi connectivity index (χ0n) is 22.7. The maximum atomic E-state index is 13.6. The molecule has 0 bridgehead atoms. The van der Waals surface area contributed by atoms with Crippen molar-refractivity contribution >= 4 is 11.8 Å². The highest BCUT2D eigenvalue weighted by Gasteiger charge is 2.33. The molecule has 204 valence electrons. The summed E-state index contributed by atoms with van der Waals surface area (Å²) in [5, 5.41) is 3.45. The van der Waals surface area contributed by atoms with E-state index in [0.29, 0.717) is 49.1 Å². The van der Waals surface area contributed by atoms with Gasteiger partial charge in [-0.1, -0.05) is 0 Å². The molecule has 1 saturated heterocycles. The quantitative estimate of drug-likeness (QED) is 0.387. The highest BCUT2D eigenvalue weighted by Crippen LogP contribution is 2.30. The Balaban J connectivity index is 1.66. The molecule has 9 heteroatoms. The predicted octanol–water partition coefficient (Wildman–Crippen LogP) is 3.09. The molecule has 0 aliphatic carbocycles. The Morgan fingerprint density at radius 1 is 1.08 bits per heavy atom. The second-order valence-corrected chi connectivity index (χ2v) is 9.82. The lowest BCUT2D eigenvalue weighted by atomic mass is 9.94. The van der Waals surface area contributed by atoms with Gasteiger partial charge in [0.15, 0.2) is 11.5 Å². The van der Waals surface area contributed by atoms with Crippen LogP contribution >= 0.6 is 0 Å². The first-order valence-electron chi connectivity index (χ1n) is 12.9. The van der Waals surface area contributed by atoms with Crippen LogP contribution in [0.3, 0.4) is 0 Å². The smallest absolute Gasteiger partial charge is 0.254 e. The second-order valence-electron chi connectivity index (χ2n) is 9.82. The van der Waals surface area contributed by atoms with Gasteiger partial charge in [0.1, 0.15) is 5.76 Å². The van der Waals surface area contributed by atoms with Crippen molar-refractivity contribution in [1.29, 1.82) is 0 Å². The highest BCUT2D eigenvalue weighted by molar-refractivity contribution is 5.95. The summed E-state index contributed by atoms with van der Waals surface area (Å²) in [7, 11) is 5.07. The number of likely N-dealkylation sites (N-methyl/N-ethyl adjacent to an activating group) is 1. The lowest BCUT2D eigenvalue weighted by Gasteiger charge is -2.33. The molecule has 1 aromatic carbocycles. The zero-order chi connectivity index (χ0) is 26.8. The number of hydrogen-bond acceptors (Lipinski definition) is 7. The van der Waals surface area contributed by atoms with E-state index in [1.165, 1.54) is 0 Å². The Kier molecular flexibility index (Phi) is 10.8. The van der Waals surface area contributed by atoms with Crippen LogP contribution in [0.5, 0.6) is 11.5 Å². The van der Waals surface area contributed by atoms with Crippen LogP contribution in [0.15, 0.2) is 41.0 Å². The Morgan fingerprint density at radius 3 is 2.49 bits per heavy atom. The third-order valence-corrected chi connectivity index (χ3v) is 6.80. The fourth-order valence-electron chi connectivity index (χ4n) is 4.62. The molecular formula is C28H41N3O6. The summed E-state index contributed by atoms with van der Waals surface area (Å²) in [6, 6.07) is 8.93. The summed E-state index contributed by atoms with van der Waals surface area (Å²) in [6.45, 7) is 7.96. The number of carbonyl (C=O) groups is 2. The molecule has 2 aromatic rings. The summed E-state index contributed by atoms with van der Waals surface area (Å²) >= 11 is 0. The average Bonchev–Trinajstić information content (AvgIpc) is 3.56. The third kappa shape index (κ3) is 7.97. The van der Waals surface area contributed by atoms with Crippen molar-refractivity contribution in [2.75, 3.05) is 60.7 Å². The maximum absolute atomic E-state index is 13.6. The molecule has 0 saturated carbocycles.